The number of halogens is 1. The van der Waals surface area contributed by atoms with E-state index in [4.69, 9.17) is 26.8 Å². The van der Waals surface area contributed by atoms with Crippen molar-refractivity contribution in [3.8, 4) is 11.8 Å². The van der Waals surface area contributed by atoms with Gasteiger partial charge in [0.05, 0.1) is 53.0 Å². The number of aromatic nitrogens is 1. The lowest BCUT2D eigenvalue weighted by atomic mass is 10.1. The van der Waals surface area contributed by atoms with E-state index in [0.717, 1.165) is 29.9 Å². The third kappa shape index (κ3) is 3.92. The number of morpholine rings is 1. The number of nitriles is 1. The van der Waals surface area contributed by atoms with E-state index >= 15 is 0 Å². The molecule has 1 aliphatic rings. The van der Waals surface area contributed by atoms with Crippen molar-refractivity contribution in [2.75, 3.05) is 48.9 Å². The first kappa shape index (κ1) is 20.1. The summed E-state index contributed by atoms with van der Waals surface area (Å²) in [5, 5.41) is 14.3. The Kier molecular flexibility index (Phi) is 5.79. The van der Waals surface area contributed by atoms with Gasteiger partial charge in [0.1, 0.15) is 11.8 Å². The number of benzene rings is 2. The van der Waals surface area contributed by atoms with Crippen molar-refractivity contribution < 1.29 is 9.47 Å². The summed E-state index contributed by atoms with van der Waals surface area (Å²) in [6.07, 6.45) is 1.54. The van der Waals surface area contributed by atoms with Gasteiger partial charge in [0, 0.05) is 36.4 Å². The van der Waals surface area contributed by atoms with E-state index < -0.39 is 0 Å². The Hall–Kier alpha value is -3.21. The van der Waals surface area contributed by atoms with Crippen LogP contribution in [0.2, 0.25) is 5.02 Å². The van der Waals surface area contributed by atoms with Gasteiger partial charge in [-0.05, 0) is 31.2 Å². The molecule has 154 valence electrons. The van der Waals surface area contributed by atoms with Gasteiger partial charge in [0.2, 0.25) is 0 Å². The molecular formula is C22H22ClN5O2. The molecule has 8 heteroatoms. The molecule has 1 aliphatic heterocycles. The third-order valence-electron chi connectivity index (χ3n) is 4.99. The number of hydrogen-bond acceptors (Lipinski definition) is 7. The standard InChI is InChI=1S/C22H22ClN5O2/c1-2-30-21-11-19-16(10-18(21)25)22(14(12-24)13-26-19)27-15-3-4-20(17(23)9-15)28-5-7-29-8-6-28/h3-4,9-11,13H,2,5-8,25H2,1H3,(H,26,27). The zero-order valence-electron chi connectivity index (χ0n) is 16.6. The molecule has 1 aromatic heterocycles. The normalized spacial score (nSPS) is 13.8. The molecule has 4 rings (SSSR count). The molecule has 3 aromatic rings. The molecule has 0 bridgehead atoms. The maximum absolute atomic E-state index is 9.60. The number of ether oxygens (including phenoxy) is 2. The van der Waals surface area contributed by atoms with Crippen LogP contribution in [0.3, 0.4) is 0 Å². The van der Waals surface area contributed by atoms with Gasteiger partial charge in [0.15, 0.2) is 0 Å². The summed E-state index contributed by atoms with van der Waals surface area (Å²) < 4.78 is 11.0. The van der Waals surface area contributed by atoms with Gasteiger partial charge in [-0.1, -0.05) is 11.6 Å². The Morgan fingerprint density at radius 1 is 1.30 bits per heavy atom. The predicted molar refractivity (Wildman–Crippen MR) is 120 cm³/mol. The summed E-state index contributed by atoms with van der Waals surface area (Å²) in [6.45, 7) is 5.40. The first-order valence-corrected chi connectivity index (χ1v) is 10.1. The third-order valence-corrected chi connectivity index (χ3v) is 5.29. The van der Waals surface area contributed by atoms with Crippen molar-refractivity contribution in [1.29, 1.82) is 5.26 Å². The molecule has 0 amide bonds. The second-order valence-corrected chi connectivity index (χ2v) is 7.30. The van der Waals surface area contributed by atoms with Gasteiger partial charge in [0.25, 0.3) is 0 Å². The second kappa shape index (κ2) is 8.66. The Labute approximate surface area is 180 Å². The topological polar surface area (TPSA) is 96.4 Å². The van der Waals surface area contributed by atoms with E-state index in [0.29, 0.717) is 53.0 Å². The van der Waals surface area contributed by atoms with Crippen LogP contribution < -0.4 is 20.7 Å². The number of nitrogen functional groups attached to an aromatic ring is 1. The van der Waals surface area contributed by atoms with E-state index in [9.17, 15) is 5.26 Å². The van der Waals surface area contributed by atoms with Crippen LogP contribution in [0.4, 0.5) is 22.7 Å². The lowest BCUT2D eigenvalue weighted by Crippen LogP contribution is -2.36. The van der Waals surface area contributed by atoms with Crippen LogP contribution >= 0.6 is 11.6 Å². The molecule has 0 spiro atoms. The smallest absolute Gasteiger partial charge is 0.144 e. The summed E-state index contributed by atoms with van der Waals surface area (Å²) in [4.78, 5) is 6.59. The molecule has 0 atom stereocenters. The molecule has 1 fully saturated rings. The highest BCUT2D eigenvalue weighted by Crippen LogP contribution is 2.36. The van der Waals surface area contributed by atoms with Crippen molar-refractivity contribution in [2.45, 2.75) is 6.92 Å². The average Bonchev–Trinajstić information content (AvgIpc) is 2.76. The monoisotopic (exact) mass is 423 g/mol. The van der Waals surface area contributed by atoms with Crippen LogP contribution in [-0.2, 0) is 4.74 Å². The van der Waals surface area contributed by atoms with Crippen molar-refractivity contribution in [3.05, 3.63) is 47.1 Å². The lowest BCUT2D eigenvalue weighted by Gasteiger charge is -2.29. The van der Waals surface area contributed by atoms with Crippen LogP contribution in [0.1, 0.15) is 12.5 Å². The summed E-state index contributed by atoms with van der Waals surface area (Å²) in [5.74, 6) is 0.575. The molecule has 0 aliphatic carbocycles. The van der Waals surface area contributed by atoms with Gasteiger partial charge >= 0.3 is 0 Å². The summed E-state index contributed by atoms with van der Waals surface area (Å²) in [6, 6.07) is 11.5. The first-order chi connectivity index (χ1) is 14.6. The fourth-order valence-electron chi connectivity index (χ4n) is 3.53. The molecule has 0 radical (unpaired) electrons. The lowest BCUT2D eigenvalue weighted by molar-refractivity contribution is 0.122. The molecule has 2 aromatic carbocycles. The number of pyridine rings is 1. The summed E-state index contributed by atoms with van der Waals surface area (Å²) in [5.41, 5.74) is 10.1. The van der Waals surface area contributed by atoms with Gasteiger partial charge in [-0.3, -0.25) is 4.98 Å². The number of hydrogen-bond donors (Lipinski definition) is 2. The van der Waals surface area contributed by atoms with Crippen molar-refractivity contribution in [3.63, 3.8) is 0 Å². The Morgan fingerprint density at radius 2 is 2.10 bits per heavy atom. The SMILES string of the molecule is CCOc1cc2ncc(C#N)c(Nc3ccc(N4CCOCC4)c(Cl)c3)c2cc1N. The fraction of sp³-hybridized carbons (Fsp3) is 0.273. The average molecular weight is 424 g/mol. The highest BCUT2D eigenvalue weighted by atomic mass is 35.5. The van der Waals surface area contributed by atoms with E-state index in [1.54, 1.807) is 18.3 Å². The number of nitrogens with one attached hydrogen (secondary N) is 1. The van der Waals surface area contributed by atoms with E-state index in [1.165, 1.54) is 0 Å². The summed E-state index contributed by atoms with van der Waals surface area (Å²) >= 11 is 6.57. The maximum Gasteiger partial charge on any atom is 0.144 e. The molecule has 2 heterocycles. The quantitative estimate of drug-likeness (QED) is 0.590. The Bertz CT molecular complexity index is 1120. The summed E-state index contributed by atoms with van der Waals surface area (Å²) in [7, 11) is 0. The van der Waals surface area contributed by atoms with Crippen LogP contribution in [0.25, 0.3) is 10.9 Å². The van der Waals surface area contributed by atoms with Crippen LogP contribution in [-0.4, -0.2) is 37.9 Å². The highest BCUT2D eigenvalue weighted by molar-refractivity contribution is 6.33. The number of rotatable bonds is 5. The van der Waals surface area contributed by atoms with Crippen LogP contribution in [0, 0.1) is 11.3 Å². The zero-order chi connectivity index (χ0) is 21.1. The van der Waals surface area contributed by atoms with Crippen LogP contribution in [0.5, 0.6) is 5.75 Å². The Balaban J connectivity index is 1.71. The maximum atomic E-state index is 9.60. The minimum absolute atomic E-state index is 0.416. The van der Waals surface area contributed by atoms with Gasteiger partial charge in [-0.15, -0.1) is 0 Å². The number of anilines is 4. The first-order valence-electron chi connectivity index (χ1n) is 9.75. The highest BCUT2D eigenvalue weighted by Gasteiger charge is 2.16. The fourth-order valence-corrected chi connectivity index (χ4v) is 3.83. The minimum atomic E-state index is 0.416. The Morgan fingerprint density at radius 3 is 2.80 bits per heavy atom. The van der Waals surface area contributed by atoms with Gasteiger partial charge < -0.3 is 25.4 Å². The molecule has 7 nitrogen and oxygen atoms in total. The number of fused-ring (bicyclic) bond motifs is 1. The van der Waals surface area contributed by atoms with Crippen LogP contribution in [0.15, 0.2) is 36.5 Å². The second-order valence-electron chi connectivity index (χ2n) is 6.89. The molecule has 0 unspecified atom stereocenters. The van der Waals surface area contributed by atoms with Gasteiger partial charge in [-0.25, -0.2) is 0 Å². The van der Waals surface area contributed by atoms with Crippen molar-refractivity contribution >= 4 is 45.3 Å². The zero-order valence-corrected chi connectivity index (χ0v) is 17.4. The van der Waals surface area contributed by atoms with E-state index in [-0.39, 0.29) is 0 Å². The van der Waals surface area contributed by atoms with E-state index in [1.807, 2.05) is 25.1 Å². The predicted octanol–water partition coefficient (Wildman–Crippen LogP) is 4.32. The molecular weight excluding hydrogens is 402 g/mol. The minimum Gasteiger partial charge on any atom is -0.492 e. The largest absolute Gasteiger partial charge is 0.492 e. The van der Waals surface area contributed by atoms with Crippen molar-refractivity contribution in [1.82, 2.24) is 4.98 Å². The van der Waals surface area contributed by atoms with Gasteiger partial charge in [-0.2, -0.15) is 5.26 Å². The van der Waals surface area contributed by atoms with E-state index in [2.05, 4.69) is 21.3 Å². The number of nitrogens with zero attached hydrogens (tertiary/aromatic N) is 3. The molecule has 1 saturated heterocycles. The molecule has 0 saturated carbocycles. The van der Waals surface area contributed by atoms with Crippen molar-refractivity contribution in [2.24, 2.45) is 0 Å². The number of nitrogens with two attached hydrogens (primary N) is 1. The molecule has 30 heavy (non-hydrogen) atoms. The molecule has 3 N–H and O–H groups in total.